The average Bonchev–Trinajstić information content (AvgIpc) is 2.94. The molecule has 5 nitrogen and oxygen atoms in total. The lowest BCUT2D eigenvalue weighted by atomic mass is 9.93. The van der Waals surface area contributed by atoms with Gasteiger partial charge in [0.15, 0.2) is 0 Å². The second-order valence-corrected chi connectivity index (χ2v) is 8.73. The molecule has 2 fully saturated rings. The summed E-state index contributed by atoms with van der Waals surface area (Å²) in [6.45, 7) is 5.75. The van der Waals surface area contributed by atoms with E-state index < -0.39 is 10.0 Å². The fourth-order valence-electron chi connectivity index (χ4n) is 3.48. The molecule has 0 saturated carbocycles. The lowest BCUT2D eigenvalue weighted by Crippen LogP contribution is -2.46. The summed E-state index contributed by atoms with van der Waals surface area (Å²) in [5.74, 6) is 2.12. The topological polar surface area (TPSA) is 59.8 Å². The van der Waals surface area contributed by atoms with E-state index in [1.807, 2.05) is 19.1 Å². The number of piperidine rings is 1. The smallest absolute Gasteiger partial charge is 0.217 e. The van der Waals surface area contributed by atoms with Crippen molar-refractivity contribution >= 4 is 10.0 Å². The standard InChI is InChI=1S/C16H25NO4S/c1-12-5-8-17(15(11-12)16-4-3-13(2)21-16)22(18,19)14-6-9-20-10-7-14/h3-4,12,14-15H,5-11H2,1-2H3. The molecule has 1 aromatic rings. The maximum Gasteiger partial charge on any atom is 0.217 e. The summed E-state index contributed by atoms with van der Waals surface area (Å²) in [7, 11) is -3.30. The Morgan fingerprint density at radius 2 is 1.91 bits per heavy atom. The van der Waals surface area contributed by atoms with Crippen LogP contribution in [0.15, 0.2) is 16.5 Å². The number of hydrogen-bond acceptors (Lipinski definition) is 4. The number of hydrogen-bond donors (Lipinski definition) is 0. The van der Waals surface area contributed by atoms with Gasteiger partial charge in [0.2, 0.25) is 10.0 Å². The van der Waals surface area contributed by atoms with E-state index in [0.717, 1.165) is 24.4 Å². The maximum absolute atomic E-state index is 13.1. The normalized spacial score (nSPS) is 28.8. The van der Waals surface area contributed by atoms with Crippen LogP contribution in [0.2, 0.25) is 0 Å². The number of nitrogens with zero attached hydrogens (tertiary/aromatic N) is 1. The Bertz CT molecular complexity index is 603. The van der Waals surface area contributed by atoms with Gasteiger partial charge in [-0.3, -0.25) is 0 Å². The molecule has 0 radical (unpaired) electrons. The third-order valence-corrected chi connectivity index (χ3v) is 7.23. The Hall–Kier alpha value is -0.850. The molecule has 0 aromatic carbocycles. The number of rotatable bonds is 3. The van der Waals surface area contributed by atoms with E-state index in [9.17, 15) is 8.42 Å². The molecule has 124 valence electrons. The molecule has 3 heterocycles. The molecule has 1 aromatic heterocycles. The minimum absolute atomic E-state index is 0.162. The minimum atomic E-state index is -3.30. The summed E-state index contributed by atoms with van der Waals surface area (Å²) in [6, 6.07) is 3.67. The van der Waals surface area contributed by atoms with Gasteiger partial charge in [-0.05, 0) is 50.7 Å². The lowest BCUT2D eigenvalue weighted by Gasteiger charge is -2.39. The molecule has 2 aliphatic heterocycles. The zero-order valence-corrected chi connectivity index (χ0v) is 14.1. The molecule has 0 amide bonds. The Kier molecular flexibility index (Phi) is 4.61. The van der Waals surface area contributed by atoms with Gasteiger partial charge in [0, 0.05) is 19.8 Å². The number of furan rings is 1. The van der Waals surface area contributed by atoms with E-state index in [0.29, 0.717) is 38.5 Å². The van der Waals surface area contributed by atoms with Crippen LogP contribution in [0.5, 0.6) is 0 Å². The predicted molar refractivity (Wildman–Crippen MR) is 84.1 cm³/mol. The van der Waals surface area contributed by atoms with Crippen molar-refractivity contribution in [3.8, 4) is 0 Å². The zero-order valence-electron chi connectivity index (χ0n) is 13.3. The van der Waals surface area contributed by atoms with E-state index >= 15 is 0 Å². The van der Waals surface area contributed by atoms with E-state index in [4.69, 9.17) is 9.15 Å². The molecule has 3 rings (SSSR count). The summed E-state index contributed by atoms with van der Waals surface area (Å²) in [5.41, 5.74) is 0. The van der Waals surface area contributed by atoms with Crippen LogP contribution >= 0.6 is 0 Å². The molecular weight excluding hydrogens is 302 g/mol. The quantitative estimate of drug-likeness (QED) is 0.856. The van der Waals surface area contributed by atoms with Gasteiger partial charge in [0.05, 0.1) is 11.3 Å². The van der Waals surface area contributed by atoms with Crippen LogP contribution < -0.4 is 0 Å². The molecule has 6 heteroatoms. The Morgan fingerprint density at radius 3 is 2.55 bits per heavy atom. The fraction of sp³-hybridized carbons (Fsp3) is 0.750. The third-order valence-electron chi connectivity index (χ3n) is 4.82. The molecule has 2 aliphatic rings. The van der Waals surface area contributed by atoms with Gasteiger partial charge in [0.25, 0.3) is 0 Å². The zero-order chi connectivity index (χ0) is 15.7. The van der Waals surface area contributed by atoms with Crippen molar-refractivity contribution in [3.63, 3.8) is 0 Å². The number of sulfonamides is 1. The summed E-state index contributed by atoms with van der Waals surface area (Å²) in [6.07, 6.45) is 2.94. The SMILES string of the molecule is Cc1ccc(C2CC(C)CCN2S(=O)(=O)C2CCOCC2)o1. The molecule has 2 saturated heterocycles. The van der Waals surface area contributed by atoms with Gasteiger partial charge in [-0.2, -0.15) is 4.31 Å². The molecule has 0 N–H and O–H groups in total. The minimum Gasteiger partial charge on any atom is -0.465 e. The van der Waals surface area contributed by atoms with Crippen LogP contribution in [0.1, 0.15) is 50.2 Å². The molecule has 2 atom stereocenters. The van der Waals surface area contributed by atoms with Gasteiger partial charge < -0.3 is 9.15 Å². The van der Waals surface area contributed by atoms with Crippen LogP contribution in [0.4, 0.5) is 0 Å². The van der Waals surface area contributed by atoms with Crippen molar-refractivity contribution in [1.82, 2.24) is 4.31 Å². The highest BCUT2D eigenvalue weighted by Crippen LogP contribution is 2.38. The second-order valence-electron chi connectivity index (χ2n) is 6.56. The first-order valence-electron chi connectivity index (χ1n) is 8.13. The predicted octanol–water partition coefficient (Wildman–Crippen LogP) is 2.87. The highest BCUT2D eigenvalue weighted by atomic mass is 32.2. The molecule has 0 spiro atoms. The molecular formula is C16H25NO4S. The first-order chi connectivity index (χ1) is 10.5. The van der Waals surface area contributed by atoms with Crippen LogP contribution in [0.3, 0.4) is 0 Å². The van der Waals surface area contributed by atoms with Crippen LogP contribution in [0, 0.1) is 12.8 Å². The molecule has 0 aliphatic carbocycles. The van der Waals surface area contributed by atoms with Crippen LogP contribution in [-0.2, 0) is 14.8 Å². The Morgan fingerprint density at radius 1 is 1.18 bits per heavy atom. The Balaban J connectivity index is 1.88. The van der Waals surface area contributed by atoms with Gasteiger partial charge in [-0.25, -0.2) is 8.42 Å². The van der Waals surface area contributed by atoms with E-state index in [-0.39, 0.29) is 11.3 Å². The fourth-order valence-corrected chi connectivity index (χ4v) is 5.56. The number of aryl methyl sites for hydroxylation is 1. The number of ether oxygens (including phenoxy) is 1. The van der Waals surface area contributed by atoms with Crippen molar-refractivity contribution in [3.05, 3.63) is 23.7 Å². The molecule has 0 bridgehead atoms. The van der Waals surface area contributed by atoms with Gasteiger partial charge >= 0.3 is 0 Å². The van der Waals surface area contributed by atoms with E-state index in [2.05, 4.69) is 6.92 Å². The Labute approximate surface area is 132 Å². The average molecular weight is 327 g/mol. The highest BCUT2D eigenvalue weighted by Gasteiger charge is 2.41. The van der Waals surface area contributed by atoms with E-state index in [1.54, 1.807) is 4.31 Å². The van der Waals surface area contributed by atoms with Crippen molar-refractivity contribution in [1.29, 1.82) is 0 Å². The van der Waals surface area contributed by atoms with Crippen molar-refractivity contribution in [2.75, 3.05) is 19.8 Å². The van der Waals surface area contributed by atoms with Gasteiger partial charge in [-0.1, -0.05) is 6.92 Å². The van der Waals surface area contributed by atoms with Gasteiger partial charge in [0.1, 0.15) is 11.5 Å². The molecule has 22 heavy (non-hydrogen) atoms. The first kappa shape index (κ1) is 16.0. The molecule has 2 unspecified atom stereocenters. The summed E-state index contributed by atoms with van der Waals surface area (Å²) >= 11 is 0. The summed E-state index contributed by atoms with van der Waals surface area (Å²) in [5, 5.41) is -0.312. The van der Waals surface area contributed by atoms with Crippen LogP contribution in [0.25, 0.3) is 0 Å². The van der Waals surface area contributed by atoms with Crippen LogP contribution in [-0.4, -0.2) is 37.7 Å². The van der Waals surface area contributed by atoms with Gasteiger partial charge in [-0.15, -0.1) is 0 Å². The monoisotopic (exact) mass is 327 g/mol. The van der Waals surface area contributed by atoms with E-state index in [1.165, 1.54) is 0 Å². The summed E-state index contributed by atoms with van der Waals surface area (Å²) in [4.78, 5) is 0. The van der Waals surface area contributed by atoms with Crippen molar-refractivity contribution < 1.29 is 17.6 Å². The maximum atomic E-state index is 13.1. The van der Waals surface area contributed by atoms with Crippen molar-refractivity contribution in [2.24, 2.45) is 5.92 Å². The third kappa shape index (κ3) is 3.09. The second kappa shape index (κ2) is 6.34. The largest absolute Gasteiger partial charge is 0.465 e. The summed E-state index contributed by atoms with van der Waals surface area (Å²) < 4.78 is 38.9. The highest BCUT2D eigenvalue weighted by molar-refractivity contribution is 7.89. The first-order valence-corrected chi connectivity index (χ1v) is 9.63. The van der Waals surface area contributed by atoms with Crippen molar-refractivity contribution in [2.45, 2.75) is 50.8 Å². The lowest BCUT2D eigenvalue weighted by molar-refractivity contribution is 0.0952.